The van der Waals surface area contributed by atoms with Crippen molar-refractivity contribution >= 4 is 11.3 Å². The van der Waals surface area contributed by atoms with Crippen LogP contribution in [0.1, 0.15) is 15.6 Å². The lowest BCUT2D eigenvalue weighted by Gasteiger charge is -2.02. The van der Waals surface area contributed by atoms with Gasteiger partial charge in [-0.25, -0.2) is 4.98 Å². The molecule has 0 saturated carbocycles. The van der Waals surface area contributed by atoms with Crippen LogP contribution in [0.15, 0.2) is 24.3 Å². The summed E-state index contributed by atoms with van der Waals surface area (Å²) in [6, 6.07) is 10.4. The highest BCUT2D eigenvalue weighted by Gasteiger charge is 2.03. The smallest absolute Gasteiger partial charge is 0.140 e. The van der Waals surface area contributed by atoms with Crippen LogP contribution in [0.4, 0.5) is 0 Å². The van der Waals surface area contributed by atoms with E-state index in [1.165, 1.54) is 4.88 Å². The Morgan fingerprint density at radius 3 is 2.67 bits per heavy atom. The number of aromatic nitrogens is 1. The first-order valence-electron chi connectivity index (χ1n) is 4.77. The molecule has 3 heteroatoms. The number of rotatable bonds is 3. The number of hydrogen-bond acceptors (Lipinski definition) is 3. The first kappa shape index (κ1) is 10.2. The summed E-state index contributed by atoms with van der Waals surface area (Å²) in [5, 5.41) is 1.03. The van der Waals surface area contributed by atoms with Gasteiger partial charge in [0.25, 0.3) is 0 Å². The van der Waals surface area contributed by atoms with Gasteiger partial charge in [0.15, 0.2) is 0 Å². The molecule has 2 rings (SSSR count). The monoisotopic (exact) mass is 218 g/mol. The molecule has 0 N–H and O–H groups in total. The Morgan fingerprint density at radius 1 is 1.33 bits per heavy atom. The van der Waals surface area contributed by atoms with Crippen LogP contribution in [-0.4, -0.2) is 4.98 Å². The van der Waals surface area contributed by atoms with Crippen molar-refractivity contribution in [2.24, 2.45) is 0 Å². The first-order chi connectivity index (χ1) is 7.25. The maximum Gasteiger partial charge on any atom is 0.140 e. The summed E-state index contributed by atoms with van der Waals surface area (Å²) in [6.45, 7) is 4.64. The van der Waals surface area contributed by atoms with Gasteiger partial charge in [0, 0.05) is 4.88 Å². The van der Waals surface area contributed by atoms with E-state index in [4.69, 9.17) is 4.74 Å². The van der Waals surface area contributed by atoms with Crippen LogP contribution in [0.5, 0.6) is 5.75 Å². The Labute approximate surface area is 93.6 Å². The van der Waals surface area contributed by atoms with Gasteiger partial charge in [-0.05, 0) is 32.0 Å². The van der Waals surface area contributed by atoms with E-state index in [0.717, 1.165) is 16.5 Å². The molecule has 2 aromatic rings. The second-order valence-electron chi connectivity index (χ2n) is 3.27. The standard InChI is InChI=1S/C12H12NOS/c1-9-10(2)15-12(13-9)8-14-11-6-4-3-5-7-11/h4-7H,8H2,1-2H3. The highest BCUT2D eigenvalue weighted by atomic mass is 32.1. The average Bonchev–Trinajstić information content (AvgIpc) is 2.57. The molecule has 2 nitrogen and oxygen atoms in total. The van der Waals surface area contributed by atoms with Crippen molar-refractivity contribution in [1.29, 1.82) is 0 Å². The fourth-order valence-electron chi connectivity index (χ4n) is 1.21. The molecule has 0 aliphatic heterocycles. The van der Waals surface area contributed by atoms with Gasteiger partial charge in [-0.1, -0.05) is 12.1 Å². The zero-order chi connectivity index (χ0) is 10.7. The molecule has 0 fully saturated rings. The SMILES string of the molecule is Cc1nc(COc2cc[c]cc2)sc1C. The van der Waals surface area contributed by atoms with Crippen molar-refractivity contribution in [2.45, 2.75) is 20.5 Å². The zero-order valence-electron chi connectivity index (χ0n) is 8.78. The normalized spacial score (nSPS) is 10.3. The van der Waals surface area contributed by atoms with Gasteiger partial charge in [-0.3, -0.25) is 0 Å². The largest absolute Gasteiger partial charge is 0.486 e. The summed E-state index contributed by atoms with van der Waals surface area (Å²) in [5.41, 5.74) is 1.10. The van der Waals surface area contributed by atoms with E-state index < -0.39 is 0 Å². The highest BCUT2D eigenvalue weighted by Crippen LogP contribution is 2.18. The van der Waals surface area contributed by atoms with Crippen LogP contribution in [-0.2, 0) is 6.61 Å². The fourth-order valence-corrected chi connectivity index (χ4v) is 2.06. The topological polar surface area (TPSA) is 22.1 Å². The third-order valence-electron chi connectivity index (χ3n) is 2.12. The molecular formula is C12H12NOS. The van der Waals surface area contributed by atoms with Gasteiger partial charge in [0.2, 0.25) is 0 Å². The molecular weight excluding hydrogens is 206 g/mol. The molecule has 0 bridgehead atoms. The van der Waals surface area contributed by atoms with Crippen molar-refractivity contribution < 1.29 is 4.74 Å². The van der Waals surface area contributed by atoms with E-state index in [1.54, 1.807) is 11.3 Å². The number of benzene rings is 1. The van der Waals surface area contributed by atoms with E-state index in [2.05, 4.69) is 18.0 Å². The van der Waals surface area contributed by atoms with Crippen molar-refractivity contribution in [3.8, 4) is 5.75 Å². The fraction of sp³-hybridized carbons (Fsp3) is 0.250. The molecule has 77 valence electrons. The Bertz CT molecular complexity index is 417. The van der Waals surface area contributed by atoms with E-state index >= 15 is 0 Å². The zero-order valence-corrected chi connectivity index (χ0v) is 9.60. The molecule has 0 amide bonds. The van der Waals surface area contributed by atoms with Gasteiger partial charge in [0.05, 0.1) is 5.69 Å². The van der Waals surface area contributed by atoms with E-state index in [1.807, 2.05) is 31.2 Å². The number of ether oxygens (including phenoxy) is 1. The lowest BCUT2D eigenvalue weighted by molar-refractivity contribution is 0.305. The quantitative estimate of drug-likeness (QED) is 0.789. The third-order valence-corrected chi connectivity index (χ3v) is 3.17. The minimum Gasteiger partial charge on any atom is -0.486 e. The average molecular weight is 218 g/mol. The minimum absolute atomic E-state index is 0.545. The van der Waals surface area contributed by atoms with Gasteiger partial charge < -0.3 is 4.74 Å². The summed E-state index contributed by atoms with van der Waals surface area (Å²) in [7, 11) is 0. The molecule has 1 radical (unpaired) electrons. The second kappa shape index (κ2) is 4.45. The molecule has 15 heavy (non-hydrogen) atoms. The van der Waals surface area contributed by atoms with Gasteiger partial charge in [-0.15, -0.1) is 11.3 Å². The Balaban J connectivity index is 1.99. The third kappa shape index (κ3) is 2.57. The first-order valence-corrected chi connectivity index (χ1v) is 5.59. The lowest BCUT2D eigenvalue weighted by atomic mass is 10.3. The maximum atomic E-state index is 5.59. The predicted molar refractivity (Wildman–Crippen MR) is 61.2 cm³/mol. The Morgan fingerprint density at radius 2 is 2.07 bits per heavy atom. The summed E-state index contributed by atoms with van der Waals surface area (Å²) in [5.74, 6) is 0.860. The van der Waals surface area contributed by atoms with Crippen LogP contribution < -0.4 is 4.74 Å². The van der Waals surface area contributed by atoms with Crippen LogP contribution in [0.2, 0.25) is 0 Å². The van der Waals surface area contributed by atoms with Gasteiger partial charge >= 0.3 is 0 Å². The summed E-state index contributed by atoms with van der Waals surface area (Å²) in [6.07, 6.45) is 0. The molecule has 1 aromatic heterocycles. The number of thiazole rings is 1. The van der Waals surface area contributed by atoms with Crippen LogP contribution >= 0.6 is 11.3 Å². The number of aryl methyl sites for hydroxylation is 2. The maximum absolute atomic E-state index is 5.59. The molecule has 0 atom stereocenters. The van der Waals surface area contributed by atoms with Crippen LogP contribution in [0.3, 0.4) is 0 Å². The Hall–Kier alpha value is -1.35. The number of hydrogen-bond donors (Lipinski definition) is 0. The molecule has 1 aromatic carbocycles. The Kier molecular flexibility index (Phi) is 3.02. The minimum atomic E-state index is 0.545. The van der Waals surface area contributed by atoms with E-state index in [0.29, 0.717) is 6.61 Å². The molecule has 0 spiro atoms. The van der Waals surface area contributed by atoms with Crippen LogP contribution in [0, 0.1) is 19.9 Å². The molecule has 0 aliphatic carbocycles. The number of nitrogens with zero attached hydrogens (tertiary/aromatic N) is 1. The van der Waals surface area contributed by atoms with Crippen molar-refractivity contribution in [3.63, 3.8) is 0 Å². The molecule has 1 heterocycles. The molecule has 0 aliphatic rings. The summed E-state index contributed by atoms with van der Waals surface area (Å²) in [4.78, 5) is 5.67. The molecule has 0 saturated heterocycles. The van der Waals surface area contributed by atoms with E-state index in [9.17, 15) is 0 Å². The van der Waals surface area contributed by atoms with Crippen LogP contribution in [0.25, 0.3) is 0 Å². The lowest BCUT2D eigenvalue weighted by Crippen LogP contribution is -1.94. The van der Waals surface area contributed by atoms with Crippen molar-refractivity contribution in [1.82, 2.24) is 4.98 Å². The highest BCUT2D eigenvalue weighted by molar-refractivity contribution is 7.11. The van der Waals surface area contributed by atoms with Gasteiger partial charge in [0.1, 0.15) is 17.4 Å². The summed E-state index contributed by atoms with van der Waals surface area (Å²) < 4.78 is 5.59. The molecule has 0 unspecified atom stereocenters. The predicted octanol–water partition coefficient (Wildman–Crippen LogP) is 3.14. The summed E-state index contributed by atoms with van der Waals surface area (Å²) >= 11 is 1.69. The van der Waals surface area contributed by atoms with Crippen molar-refractivity contribution in [2.75, 3.05) is 0 Å². The van der Waals surface area contributed by atoms with E-state index in [-0.39, 0.29) is 0 Å². The van der Waals surface area contributed by atoms with Gasteiger partial charge in [-0.2, -0.15) is 0 Å². The van der Waals surface area contributed by atoms with Crippen molar-refractivity contribution in [3.05, 3.63) is 45.9 Å². The second-order valence-corrected chi connectivity index (χ2v) is 4.56.